The predicted molar refractivity (Wildman–Crippen MR) is 85.5 cm³/mol. The van der Waals surface area contributed by atoms with Crippen molar-refractivity contribution in [1.29, 1.82) is 0 Å². The van der Waals surface area contributed by atoms with Crippen molar-refractivity contribution in [2.24, 2.45) is 5.73 Å². The Hall–Kier alpha value is -2.75. The van der Waals surface area contributed by atoms with Gasteiger partial charge in [-0.15, -0.1) is 0 Å². The molecule has 3 rings (SSSR count). The highest BCUT2D eigenvalue weighted by Gasteiger charge is 2.34. The van der Waals surface area contributed by atoms with Gasteiger partial charge in [-0.05, 0) is 30.3 Å². The summed E-state index contributed by atoms with van der Waals surface area (Å²) in [6.07, 6.45) is -3.56. The van der Waals surface area contributed by atoms with Crippen LogP contribution in [0.2, 0.25) is 0 Å². The summed E-state index contributed by atoms with van der Waals surface area (Å²) in [5.41, 5.74) is 5.77. The van der Waals surface area contributed by atoms with E-state index in [4.69, 9.17) is 13.6 Å². The van der Waals surface area contributed by atoms with Crippen LogP contribution in [0.25, 0.3) is 0 Å². The molecule has 2 amide bonds. The van der Waals surface area contributed by atoms with Crippen molar-refractivity contribution < 1.29 is 22.8 Å². The topological polar surface area (TPSA) is 80.4 Å². The summed E-state index contributed by atoms with van der Waals surface area (Å²) in [7, 11) is 5.08. The molecule has 0 saturated heterocycles. The molecule has 2 heterocycles. The Morgan fingerprint density at radius 1 is 1.24 bits per heavy atom. The normalized spacial score (nSPS) is 17.4. The molecule has 0 unspecified atom stereocenters. The zero-order valence-corrected chi connectivity index (χ0v) is 12.7. The van der Waals surface area contributed by atoms with E-state index in [1.807, 2.05) is 0 Å². The van der Waals surface area contributed by atoms with Crippen molar-refractivity contribution in [3.05, 3.63) is 47.8 Å². The van der Waals surface area contributed by atoms with Gasteiger partial charge >= 0.3 is 6.18 Å². The fourth-order valence-corrected chi connectivity index (χ4v) is 2.72. The molecule has 2 radical (unpaired) electrons. The average Bonchev–Trinajstić information content (AvgIpc) is 2.94. The largest absolute Gasteiger partial charge is 0.416 e. The minimum Gasteiger partial charge on any atom is -0.334 e. The van der Waals surface area contributed by atoms with Gasteiger partial charge in [-0.2, -0.15) is 13.2 Å². The number of benzene rings is 1. The van der Waals surface area contributed by atoms with Crippen LogP contribution in [0, 0.1) is 0 Å². The first-order valence-electron chi connectivity index (χ1n) is 7.20. The quantitative estimate of drug-likeness (QED) is 0.818. The third kappa shape index (κ3) is 3.12. The summed E-state index contributed by atoms with van der Waals surface area (Å²) >= 11 is 0. The van der Waals surface area contributed by atoms with E-state index in [1.54, 1.807) is 0 Å². The standard InChI is InChI=1S/C15H12BF3N4O2/c16-14(25)21-10-5-6-22-11(20)7-23(13(24)12(10)22)9-3-1-8(2-4-9)15(17,18)19/h1-6,11H,7,20H2,(H,21,25)/t11-/m1/s1. The smallest absolute Gasteiger partial charge is 0.334 e. The second-order valence-electron chi connectivity index (χ2n) is 5.50. The van der Waals surface area contributed by atoms with Crippen LogP contribution >= 0.6 is 0 Å². The molecule has 0 bridgehead atoms. The highest BCUT2D eigenvalue weighted by Crippen LogP contribution is 2.33. The van der Waals surface area contributed by atoms with Crippen LogP contribution in [0.4, 0.5) is 29.3 Å². The van der Waals surface area contributed by atoms with Gasteiger partial charge in [0.05, 0.1) is 24.0 Å². The van der Waals surface area contributed by atoms with E-state index in [-0.39, 0.29) is 23.6 Å². The van der Waals surface area contributed by atoms with Crippen molar-refractivity contribution in [3.63, 3.8) is 0 Å². The van der Waals surface area contributed by atoms with Gasteiger partial charge < -0.3 is 20.5 Å². The molecule has 25 heavy (non-hydrogen) atoms. The SMILES string of the molecule is [B]C(=O)Nc1ccn2c1C(=O)N(c1ccc(C(F)(F)F)cc1)C[C@@H]2N. The van der Waals surface area contributed by atoms with Crippen molar-refractivity contribution in [1.82, 2.24) is 4.57 Å². The minimum atomic E-state index is -4.46. The molecule has 1 aromatic carbocycles. The summed E-state index contributed by atoms with van der Waals surface area (Å²) in [6.45, 7) is 0.0713. The highest BCUT2D eigenvalue weighted by atomic mass is 19.4. The molecule has 0 spiro atoms. The van der Waals surface area contributed by atoms with Crippen molar-refractivity contribution in [3.8, 4) is 0 Å². The number of amides is 2. The van der Waals surface area contributed by atoms with Crippen molar-refractivity contribution >= 4 is 30.9 Å². The summed E-state index contributed by atoms with van der Waals surface area (Å²) in [6, 6.07) is 5.67. The van der Waals surface area contributed by atoms with Crippen LogP contribution in [0.5, 0.6) is 0 Å². The molecule has 0 fully saturated rings. The average molecular weight is 348 g/mol. The molecule has 1 atom stereocenters. The molecule has 6 nitrogen and oxygen atoms in total. The number of nitrogens with two attached hydrogens (primary N) is 1. The Labute approximate surface area is 141 Å². The number of nitrogens with zero attached hydrogens (tertiary/aromatic N) is 2. The number of carbonyl (C=O) groups excluding carboxylic acids is 2. The second kappa shape index (κ2) is 5.96. The Kier molecular flexibility index (Phi) is 4.07. The second-order valence-corrected chi connectivity index (χ2v) is 5.50. The van der Waals surface area contributed by atoms with Crippen molar-refractivity contribution in [2.45, 2.75) is 12.3 Å². The summed E-state index contributed by atoms with van der Waals surface area (Å²) in [4.78, 5) is 25.1. The van der Waals surface area contributed by atoms with Gasteiger partial charge in [0, 0.05) is 11.9 Å². The van der Waals surface area contributed by atoms with E-state index in [9.17, 15) is 22.8 Å². The number of anilines is 2. The van der Waals surface area contributed by atoms with Gasteiger partial charge in [-0.1, -0.05) is 0 Å². The number of halogens is 3. The van der Waals surface area contributed by atoms with Gasteiger partial charge in [0.15, 0.2) is 5.81 Å². The molecule has 1 aliphatic heterocycles. The molecule has 128 valence electrons. The number of carbonyl (C=O) groups is 2. The first-order valence-corrected chi connectivity index (χ1v) is 7.20. The first-order chi connectivity index (χ1) is 11.7. The lowest BCUT2D eigenvalue weighted by molar-refractivity contribution is -0.137. The highest BCUT2D eigenvalue weighted by molar-refractivity contribution is 6.60. The van der Waals surface area contributed by atoms with E-state index in [0.29, 0.717) is 0 Å². The monoisotopic (exact) mass is 348 g/mol. The van der Waals surface area contributed by atoms with Gasteiger partial charge in [0.25, 0.3) is 5.91 Å². The van der Waals surface area contributed by atoms with E-state index < -0.39 is 29.6 Å². The van der Waals surface area contributed by atoms with E-state index in [2.05, 4.69) is 5.32 Å². The minimum absolute atomic E-state index is 0.0713. The van der Waals surface area contributed by atoms with E-state index >= 15 is 0 Å². The molecule has 1 aromatic heterocycles. The lowest BCUT2D eigenvalue weighted by Gasteiger charge is -2.33. The number of nitrogens with one attached hydrogen (secondary N) is 1. The molecular weight excluding hydrogens is 336 g/mol. The zero-order chi connectivity index (χ0) is 18.4. The van der Waals surface area contributed by atoms with Crippen LogP contribution in [0.1, 0.15) is 22.2 Å². The Bertz CT molecular complexity index is 832. The third-order valence-electron chi connectivity index (χ3n) is 3.85. The lowest BCUT2D eigenvalue weighted by atomic mass is 10.1. The Morgan fingerprint density at radius 2 is 1.88 bits per heavy atom. The van der Waals surface area contributed by atoms with Crippen LogP contribution in [0.3, 0.4) is 0 Å². The van der Waals surface area contributed by atoms with Crippen LogP contribution in [0.15, 0.2) is 36.5 Å². The van der Waals surface area contributed by atoms with E-state index in [1.165, 1.54) is 33.9 Å². The van der Waals surface area contributed by atoms with Gasteiger partial charge in [-0.3, -0.25) is 9.59 Å². The number of alkyl halides is 3. The Balaban J connectivity index is 1.96. The number of fused-ring (bicyclic) bond motifs is 1. The molecule has 3 N–H and O–H groups in total. The summed E-state index contributed by atoms with van der Waals surface area (Å²) < 4.78 is 39.5. The number of rotatable bonds is 2. The number of hydrogen-bond donors (Lipinski definition) is 2. The van der Waals surface area contributed by atoms with Gasteiger partial charge in [0.1, 0.15) is 5.69 Å². The maximum Gasteiger partial charge on any atom is 0.416 e. The summed E-state index contributed by atoms with van der Waals surface area (Å²) in [5, 5.41) is 2.33. The molecule has 1 aliphatic rings. The van der Waals surface area contributed by atoms with Gasteiger partial charge in [0.2, 0.25) is 7.85 Å². The maximum absolute atomic E-state index is 12.7. The van der Waals surface area contributed by atoms with Gasteiger partial charge in [-0.25, -0.2) is 0 Å². The lowest BCUT2D eigenvalue weighted by Crippen LogP contribution is -2.46. The van der Waals surface area contributed by atoms with Crippen LogP contribution in [-0.4, -0.2) is 30.7 Å². The van der Waals surface area contributed by atoms with Crippen LogP contribution < -0.4 is 16.0 Å². The third-order valence-corrected chi connectivity index (χ3v) is 3.85. The molecule has 2 aromatic rings. The number of aromatic nitrogens is 1. The molecule has 0 saturated carbocycles. The fourth-order valence-electron chi connectivity index (χ4n) is 2.72. The van der Waals surface area contributed by atoms with Crippen molar-refractivity contribution in [2.75, 3.05) is 16.8 Å². The Morgan fingerprint density at radius 3 is 2.44 bits per heavy atom. The first kappa shape index (κ1) is 17.1. The predicted octanol–water partition coefficient (Wildman–Crippen LogP) is 2.32. The maximum atomic E-state index is 12.7. The summed E-state index contributed by atoms with van der Waals surface area (Å²) in [5.74, 6) is -1.35. The fraction of sp³-hybridized carbons (Fsp3) is 0.200. The van der Waals surface area contributed by atoms with Crippen LogP contribution in [-0.2, 0) is 6.18 Å². The molecule has 0 aliphatic carbocycles. The number of hydrogen-bond acceptors (Lipinski definition) is 3. The molecular formula is C15H12BF3N4O2. The molecule has 10 heteroatoms. The zero-order valence-electron chi connectivity index (χ0n) is 12.7. The van der Waals surface area contributed by atoms with E-state index in [0.717, 1.165) is 12.1 Å².